The average molecular weight is 234 g/mol. The largest absolute Gasteiger partial charge is 0.311 e. The Labute approximate surface area is 88.3 Å². The first kappa shape index (κ1) is 11.6. The van der Waals surface area contributed by atoms with Crippen molar-refractivity contribution in [2.24, 2.45) is 0 Å². The molecule has 0 saturated heterocycles. The van der Waals surface area contributed by atoms with E-state index in [-0.39, 0.29) is 5.75 Å². The molecule has 0 saturated carbocycles. The predicted octanol–water partition coefficient (Wildman–Crippen LogP) is 0.667. The zero-order chi connectivity index (χ0) is 10.4. The van der Waals surface area contributed by atoms with E-state index < -0.39 is 9.84 Å². The zero-order valence-electron chi connectivity index (χ0n) is 8.06. The molecule has 1 aromatic rings. The van der Waals surface area contributed by atoms with Crippen molar-refractivity contribution in [2.75, 3.05) is 18.6 Å². The third kappa shape index (κ3) is 5.31. The Bertz CT molecular complexity index is 345. The zero-order valence-corrected chi connectivity index (χ0v) is 9.70. The van der Waals surface area contributed by atoms with E-state index in [1.807, 2.05) is 5.38 Å². The number of nitrogens with one attached hydrogen (secondary N) is 1. The predicted molar refractivity (Wildman–Crippen MR) is 58.1 cm³/mol. The molecule has 0 amide bonds. The van der Waals surface area contributed by atoms with Crippen LogP contribution in [0.1, 0.15) is 12.1 Å². The van der Waals surface area contributed by atoms with Gasteiger partial charge >= 0.3 is 0 Å². The molecule has 1 aromatic heterocycles. The highest BCUT2D eigenvalue weighted by atomic mass is 32.2. The first-order valence-electron chi connectivity index (χ1n) is 4.33. The van der Waals surface area contributed by atoms with Gasteiger partial charge in [-0.05, 0) is 13.0 Å². The van der Waals surface area contributed by atoms with Gasteiger partial charge in [-0.15, -0.1) is 11.3 Å². The van der Waals surface area contributed by atoms with Gasteiger partial charge in [-0.1, -0.05) is 0 Å². The third-order valence-electron chi connectivity index (χ3n) is 1.66. The topological polar surface area (TPSA) is 59.1 Å². The van der Waals surface area contributed by atoms with Crippen molar-refractivity contribution in [1.29, 1.82) is 0 Å². The minimum absolute atomic E-state index is 0.247. The molecule has 0 atom stereocenters. The Morgan fingerprint density at radius 2 is 2.36 bits per heavy atom. The van der Waals surface area contributed by atoms with Crippen molar-refractivity contribution in [2.45, 2.75) is 13.0 Å². The van der Waals surface area contributed by atoms with Crippen LogP contribution in [0.2, 0.25) is 0 Å². The van der Waals surface area contributed by atoms with Crippen LogP contribution in [-0.4, -0.2) is 32.0 Å². The summed E-state index contributed by atoms with van der Waals surface area (Å²) in [4.78, 5) is 4.10. The van der Waals surface area contributed by atoms with Gasteiger partial charge in [0.2, 0.25) is 0 Å². The SMILES string of the molecule is CS(=O)(=O)CCCNCc1cscn1. The van der Waals surface area contributed by atoms with Crippen LogP contribution in [0.3, 0.4) is 0 Å². The van der Waals surface area contributed by atoms with Crippen molar-refractivity contribution < 1.29 is 8.42 Å². The molecule has 80 valence electrons. The Hall–Kier alpha value is -0.460. The molecule has 1 N–H and O–H groups in total. The van der Waals surface area contributed by atoms with Gasteiger partial charge < -0.3 is 5.32 Å². The Kier molecular flexibility index (Phi) is 4.50. The van der Waals surface area contributed by atoms with Gasteiger partial charge in [0.15, 0.2) is 0 Å². The fourth-order valence-electron chi connectivity index (χ4n) is 1.00. The van der Waals surface area contributed by atoms with Gasteiger partial charge in [-0.2, -0.15) is 0 Å². The molecule has 1 rings (SSSR count). The first-order valence-corrected chi connectivity index (χ1v) is 7.34. The molecule has 0 bridgehead atoms. The van der Waals surface area contributed by atoms with Crippen molar-refractivity contribution in [3.8, 4) is 0 Å². The van der Waals surface area contributed by atoms with E-state index in [2.05, 4.69) is 10.3 Å². The minimum Gasteiger partial charge on any atom is -0.311 e. The summed E-state index contributed by atoms with van der Waals surface area (Å²) in [5, 5.41) is 5.12. The Balaban J connectivity index is 2.06. The van der Waals surface area contributed by atoms with Crippen molar-refractivity contribution in [3.63, 3.8) is 0 Å². The lowest BCUT2D eigenvalue weighted by Gasteiger charge is -2.01. The van der Waals surface area contributed by atoms with Crippen LogP contribution in [0.15, 0.2) is 10.9 Å². The van der Waals surface area contributed by atoms with Crippen LogP contribution in [0.25, 0.3) is 0 Å². The minimum atomic E-state index is -2.81. The van der Waals surface area contributed by atoms with Gasteiger partial charge in [0, 0.05) is 18.2 Å². The molecule has 0 aliphatic heterocycles. The summed E-state index contributed by atoms with van der Waals surface area (Å²) in [6.07, 6.45) is 1.91. The highest BCUT2D eigenvalue weighted by Gasteiger charge is 2.00. The lowest BCUT2D eigenvalue weighted by Crippen LogP contribution is -2.17. The molecule has 1 heterocycles. The first-order chi connectivity index (χ1) is 6.58. The number of thiazole rings is 1. The van der Waals surface area contributed by atoms with Crippen molar-refractivity contribution in [3.05, 3.63) is 16.6 Å². The second-order valence-corrected chi connectivity index (χ2v) is 6.12. The second-order valence-electron chi connectivity index (χ2n) is 3.14. The summed E-state index contributed by atoms with van der Waals surface area (Å²) < 4.78 is 21.6. The maximum absolute atomic E-state index is 10.8. The molecule has 0 aliphatic carbocycles. The number of nitrogens with zero attached hydrogens (tertiary/aromatic N) is 1. The number of hydrogen-bond donors (Lipinski definition) is 1. The van der Waals surface area contributed by atoms with Gasteiger partial charge in [0.25, 0.3) is 0 Å². The fraction of sp³-hybridized carbons (Fsp3) is 0.625. The molecule has 0 unspecified atom stereocenters. The maximum atomic E-state index is 10.8. The summed E-state index contributed by atoms with van der Waals surface area (Å²) in [7, 11) is -2.81. The Morgan fingerprint density at radius 3 is 2.93 bits per heavy atom. The van der Waals surface area contributed by atoms with Gasteiger partial charge in [0.1, 0.15) is 9.84 Å². The number of sulfone groups is 1. The van der Waals surface area contributed by atoms with Crippen molar-refractivity contribution >= 4 is 21.2 Å². The lowest BCUT2D eigenvalue weighted by molar-refractivity contribution is 0.594. The van der Waals surface area contributed by atoms with E-state index in [1.165, 1.54) is 6.26 Å². The van der Waals surface area contributed by atoms with Gasteiger partial charge in [-0.25, -0.2) is 13.4 Å². The average Bonchev–Trinajstić information content (AvgIpc) is 2.54. The van der Waals surface area contributed by atoms with Crippen LogP contribution in [0, 0.1) is 0 Å². The van der Waals surface area contributed by atoms with Gasteiger partial charge in [-0.3, -0.25) is 0 Å². The van der Waals surface area contributed by atoms with E-state index in [1.54, 1.807) is 16.8 Å². The van der Waals surface area contributed by atoms with E-state index in [4.69, 9.17) is 0 Å². The van der Waals surface area contributed by atoms with Crippen LogP contribution < -0.4 is 5.32 Å². The molecule has 0 radical (unpaired) electrons. The van der Waals surface area contributed by atoms with Crippen LogP contribution in [0.4, 0.5) is 0 Å². The van der Waals surface area contributed by atoms with Crippen LogP contribution in [-0.2, 0) is 16.4 Å². The maximum Gasteiger partial charge on any atom is 0.147 e. The Morgan fingerprint density at radius 1 is 1.57 bits per heavy atom. The van der Waals surface area contributed by atoms with E-state index >= 15 is 0 Å². The van der Waals surface area contributed by atoms with Crippen LogP contribution in [0.5, 0.6) is 0 Å². The number of aromatic nitrogens is 1. The molecule has 6 heteroatoms. The molecule has 0 fully saturated rings. The summed E-state index contributed by atoms with van der Waals surface area (Å²) >= 11 is 1.56. The van der Waals surface area contributed by atoms with Gasteiger partial charge in [0.05, 0.1) is 17.0 Å². The highest BCUT2D eigenvalue weighted by molar-refractivity contribution is 7.90. The summed E-state index contributed by atoms with van der Waals surface area (Å²) in [6.45, 7) is 1.43. The van der Waals surface area contributed by atoms with Crippen LogP contribution >= 0.6 is 11.3 Å². The number of hydrogen-bond acceptors (Lipinski definition) is 5. The molecular formula is C8H14N2O2S2. The third-order valence-corrected chi connectivity index (χ3v) is 3.32. The summed E-state index contributed by atoms with van der Waals surface area (Å²) in [5.41, 5.74) is 2.79. The van der Waals surface area contributed by atoms with E-state index in [0.29, 0.717) is 19.5 Å². The fourth-order valence-corrected chi connectivity index (χ4v) is 2.23. The standard InChI is InChI=1S/C8H14N2O2S2/c1-14(11,12)4-2-3-9-5-8-6-13-7-10-8/h6-7,9H,2-5H2,1H3. The monoisotopic (exact) mass is 234 g/mol. The number of rotatable bonds is 6. The molecule has 4 nitrogen and oxygen atoms in total. The molecule has 14 heavy (non-hydrogen) atoms. The summed E-state index contributed by atoms with van der Waals surface area (Å²) in [5.74, 6) is 0.247. The molecular weight excluding hydrogens is 220 g/mol. The van der Waals surface area contributed by atoms with Crippen molar-refractivity contribution in [1.82, 2.24) is 10.3 Å². The molecule has 0 aromatic carbocycles. The summed E-state index contributed by atoms with van der Waals surface area (Å²) in [6, 6.07) is 0. The molecule has 0 spiro atoms. The quantitative estimate of drug-likeness (QED) is 0.735. The second kappa shape index (κ2) is 5.43. The highest BCUT2D eigenvalue weighted by Crippen LogP contribution is 1.99. The lowest BCUT2D eigenvalue weighted by atomic mass is 10.4. The molecule has 0 aliphatic rings. The van der Waals surface area contributed by atoms with E-state index in [9.17, 15) is 8.42 Å². The smallest absolute Gasteiger partial charge is 0.147 e. The van der Waals surface area contributed by atoms with E-state index in [0.717, 1.165) is 5.69 Å². The normalized spacial score (nSPS) is 11.8.